The van der Waals surface area contributed by atoms with Crippen LogP contribution in [0.15, 0.2) is 0 Å². The Morgan fingerprint density at radius 1 is 1.27 bits per heavy atom. The van der Waals surface area contributed by atoms with Gasteiger partial charge in [0.1, 0.15) is 0 Å². The first-order valence-corrected chi connectivity index (χ1v) is 4.37. The van der Waals surface area contributed by atoms with Crippen LogP contribution in [0.2, 0.25) is 0 Å². The summed E-state index contributed by atoms with van der Waals surface area (Å²) >= 11 is 0. The first kappa shape index (κ1) is 11.0. The summed E-state index contributed by atoms with van der Waals surface area (Å²) in [5.41, 5.74) is 0. The molecule has 0 fully saturated rings. The average Bonchev–Trinajstić information content (AvgIpc) is 1.85. The Balaban J connectivity index is 3.09. The van der Waals surface area contributed by atoms with Gasteiger partial charge in [-0.2, -0.15) is 0 Å². The van der Waals surface area contributed by atoms with Crippen molar-refractivity contribution in [3.63, 3.8) is 0 Å². The van der Waals surface area contributed by atoms with Gasteiger partial charge in [0, 0.05) is 0 Å². The molecule has 1 N–H and O–H groups in total. The number of phosphoric ester groups is 1. The van der Waals surface area contributed by atoms with Gasteiger partial charge in [0.2, 0.25) is 0 Å². The molecule has 0 atom stereocenters. The van der Waals surface area contributed by atoms with E-state index < -0.39 is 7.82 Å². The van der Waals surface area contributed by atoms with E-state index in [9.17, 15) is 14.4 Å². The maximum Gasteiger partial charge on any atom is 0.0752 e. The quantitative estimate of drug-likeness (QED) is 0.372. The van der Waals surface area contributed by atoms with Crippen LogP contribution < -0.4 is 9.79 Å². The molecule has 0 saturated carbocycles. The van der Waals surface area contributed by atoms with Crippen molar-refractivity contribution in [3.05, 3.63) is 0 Å². The number of aliphatic hydroxyl groups excluding tert-OH is 1. The van der Waals surface area contributed by atoms with E-state index in [0.29, 0.717) is 0 Å². The van der Waals surface area contributed by atoms with Gasteiger partial charge in [0.05, 0.1) is 34.3 Å². The Morgan fingerprint density at radius 2 is 1.91 bits per heavy atom. The van der Waals surface area contributed by atoms with Crippen LogP contribution in [0.4, 0.5) is 0 Å². The number of hydrogen-bond donors (Lipinski definition) is 1. The smallest absolute Gasteiger partial charge is 0.0752 e. The van der Waals surface area contributed by atoms with Gasteiger partial charge in [-0.05, 0) is 0 Å². The minimum atomic E-state index is -4.86. The Morgan fingerprint density at radius 3 is 2.36 bits per heavy atom. The third-order valence-corrected chi connectivity index (χ3v) is 1.21. The summed E-state index contributed by atoms with van der Waals surface area (Å²) in [4.78, 5) is 19.6. The lowest BCUT2D eigenvalue weighted by atomic mass is 10.7. The maximum absolute atomic E-state index is 9.81. The second kappa shape index (κ2) is 5.65. The molecule has 0 aliphatic carbocycles. The van der Waals surface area contributed by atoms with E-state index >= 15 is 0 Å². The molecule has 6 nitrogen and oxygen atoms in total. The zero-order chi connectivity index (χ0) is 8.74. The summed E-state index contributed by atoms with van der Waals surface area (Å²) < 4.78 is 18.2. The number of hydrogen-bond acceptors (Lipinski definition) is 6. The minimum Gasteiger partial charge on any atom is -0.790 e. The molecule has 0 rings (SSSR count). The third kappa shape index (κ3) is 10.0. The number of ether oxygens (including phenoxy) is 1. The first-order valence-electron chi connectivity index (χ1n) is 2.91. The lowest BCUT2D eigenvalue weighted by Gasteiger charge is -2.28. The lowest BCUT2D eigenvalue weighted by Crippen LogP contribution is -2.18. The van der Waals surface area contributed by atoms with Gasteiger partial charge >= 0.3 is 0 Å². The van der Waals surface area contributed by atoms with E-state index in [1.165, 1.54) is 0 Å². The highest BCUT2D eigenvalue weighted by Gasteiger charge is 1.90. The predicted molar refractivity (Wildman–Crippen MR) is 31.5 cm³/mol. The fourth-order valence-electron chi connectivity index (χ4n) is 0.375. The van der Waals surface area contributed by atoms with Gasteiger partial charge in [0.25, 0.3) is 0 Å². The molecule has 0 aliphatic rings. The second-order valence-corrected chi connectivity index (χ2v) is 2.77. The monoisotopic (exact) mass is 184 g/mol. The molecule has 0 aromatic carbocycles. The second-order valence-electron chi connectivity index (χ2n) is 1.62. The number of phosphoric acid groups is 1. The normalized spacial score (nSPS) is 11.9. The van der Waals surface area contributed by atoms with E-state index in [-0.39, 0.29) is 26.4 Å². The van der Waals surface area contributed by atoms with Gasteiger partial charge in [-0.15, -0.1) is 0 Å². The van der Waals surface area contributed by atoms with Gasteiger partial charge in [-0.1, -0.05) is 0 Å². The van der Waals surface area contributed by atoms with Crippen molar-refractivity contribution in [2.75, 3.05) is 26.4 Å². The van der Waals surface area contributed by atoms with Crippen LogP contribution in [0.3, 0.4) is 0 Å². The van der Waals surface area contributed by atoms with Crippen LogP contribution in [0, 0.1) is 0 Å². The molecule has 0 radical (unpaired) electrons. The van der Waals surface area contributed by atoms with Gasteiger partial charge in [-0.3, -0.25) is 0 Å². The Labute approximate surface area is 64.0 Å². The molecule has 68 valence electrons. The summed E-state index contributed by atoms with van der Waals surface area (Å²) in [5.74, 6) is 0. The van der Waals surface area contributed by atoms with Crippen LogP contribution in [-0.2, 0) is 13.8 Å². The molecule has 0 aromatic rings. The standard InChI is InChI=1S/C4H11O6P/c5-1-2-9-3-4-10-11(6,7)8/h5H,1-4H2,(H2,6,7,8)/p-2. The summed E-state index contributed by atoms with van der Waals surface area (Å²) in [5, 5.41) is 8.18. The molecule has 0 aromatic heterocycles. The van der Waals surface area contributed by atoms with Crippen LogP contribution >= 0.6 is 7.82 Å². The fraction of sp³-hybridized carbons (Fsp3) is 1.00. The van der Waals surface area contributed by atoms with Crippen LogP contribution in [0.25, 0.3) is 0 Å². The van der Waals surface area contributed by atoms with E-state index in [1.807, 2.05) is 0 Å². The molecule has 7 heteroatoms. The zero-order valence-electron chi connectivity index (χ0n) is 5.76. The van der Waals surface area contributed by atoms with E-state index in [1.54, 1.807) is 0 Å². The van der Waals surface area contributed by atoms with Crippen molar-refractivity contribution in [2.24, 2.45) is 0 Å². The lowest BCUT2D eigenvalue weighted by molar-refractivity contribution is -0.342. The highest BCUT2D eigenvalue weighted by atomic mass is 31.2. The Bertz CT molecular complexity index is 131. The van der Waals surface area contributed by atoms with Crippen molar-refractivity contribution >= 4 is 7.82 Å². The molecule has 11 heavy (non-hydrogen) atoms. The van der Waals surface area contributed by atoms with Crippen molar-refractivity contribution < 1.29 is 28.7 Å². The minimum absolute atomic E-state index is 0.0188. The van der Waals surface area contributed by atoms with Crippen LogP contribution in [-0.4, -0.2) is 31.5 Å². The SMILES string of the molecule is O=P([O-])([O-])OCCOCCO. The molecular weight excluding hydrogens is 175 g/mol. The number of aliphatic hydroxyl groups is 1. The third-order valence-electron chi connectivity index (χ3n) is 0.713. The fourth-order valence-corrected chi connectivity index (χ4v) is 0.673. The van der Waals surface area contributed by atoms with E-state index in [0.717, 1.165) is 0 Å². The van der Waals surface area contributed by atoms with Crippen molar-refractivity contribution in [1.29, 1.82) is 0 Å². The topological polar surface area (TPSA) is 102 Å². The van der Waals surface area contributed by atoms with Crippen LogP contribution in [0.1, 0.15) is 0 Å². The molecule has 0 unspecified atom stereocenters. The number of rotatable bonds is 6. The van der Waals surface area contributed by atoms with E-state index in [4.69, 9.17) is 5.11 Å². The highest BCUT2D eigenvalue weighted by Crippen LogP contribution is 2.23. The Hall–Kier alpha value is 0.0300. The van der Waals surface area contributed by atoms with Crippen molar-refractivity contribution in [1.82, 2.24) is 0 Å². The largest absolute Gasteiger partial charge is 0.790 e. The van der Waals surface area contributed by atoms with E-state index in [2.05, 4.69) is 9.26 Å². The summed E-state index contributed by atoms with van der Waals surface area (Å²) in [6, 6.07) is 0. The summed E-state index contributed by atoms with van der Waals surface area (Å²) in [6.07, 6.45) is 0. The van der Waals surface area contributed by atoms with Gasteiger partial charge in [0.15, 0.2) is 0 Å². The summed E-state index contributed by atoms with van der Waals surface area (Å²) in [6.45, 7) is -0.364. The molecule has 0 aliphatic heterocycles. The average molecular weight is 184 g/mol. The molecule has 0 saturated heterocycles. The first-order chi connectivity index (χ1) is 5.06. The van der Waals surface area contributed by atoms with Crippen molar-refractivity contribution in [2.45, 2.75) is 0 Å². The molecule has 0 heterocycles. The van der Waals surface area contributed by atoms with Gasteiger partial charge < -0.3 is 28.7 Å². The molecular formula is C4H9O6P-2. The molecule has 0 bridgehead atoms. The Kier molecular flexibility index (Phi) is 5.67. The highest BCUT2D eigenvalue weighted by molar-refractivity contribution is 7.43. The molecule has 0 amide bonds. The zero-order valence-corrected chi connectivity index (χ0v) is 6.66. The predicted octanol–water partition coefficient (Wildman–Crippen LogP) is -2.16. The summed E-state index contributed by atoms with van der Waals surface area (Å²) in [7, 11) is -4.86. The van der Waals surface area contributed by atoms with Crippen molar-refractivity contribution in [3.8, 4) is 0 Å². The van der Waals surface area contributed by atoms with Crippen LogP contribution in [0.5, 0.6) is 0 Å². The van der Waals surface area contributed by atoms with Gasteiger partial charge in [-0.25, -0.2) is 0 Å². The molecule has 0 spiro atoms. The maximum atomic E-state index is 9.81.